The largest absolute Gasteiger partial charge is 0.494 e. The second kappa shape index (κ2) is 17.9. The molecule has 240 valence electrons. The third-order valence-corrected chi connectivity index (χ3v) is 7.19. The fourth-order valence-electron chi connectivity index (χ4n) is 4.67. The van der Waals surface area contributed by atoms with Crippen LogP contribution in [0.1, 0.15) is 56.9 Å². The summed E-state index contributed by atoms with van der Waals surface area (Å²) in [6.07, 6.45) is 3.25. The first-order chi connectivity index (χ1) is 21.9. The van der Waals surface area contributed by atoms with Gasteiger partial charge in [-0.3, -0.25) is 0 Å². The number of hydrogen-bond acceptors (Lipinski definition) is 4. The minimum absolute atomic E-state index is 0.242. The van der Waals surface area contributed by atoms with Crippen LogP contribution in [-0.2, 0) is 6.18 Å². The van der Waals surface area contributed by atoms with Crippen LogP contribution in [0.3, 0.4) is 0 Å². The predicted molar refractivity (Wildman–Crippen MR) is 169 cm³/mol. The summed E-state index contributed by atoms with van der Waals surface area (Å²) in [5, 5.41) is 0. The third kappa shape index (κ3) is 12.0. The Balaban J connectivity index is 1.01. The van der Waals surface area contributed by atoms with Crippen LogP contribution in [0.5, 0.6) is 23.0 Å². The van der Waals surface area contributed by atoms with Gasteiger partial charge < -0.3 is 18.9 Å². The maximum atomic E-state index is 13.1. The molecule has 0 saturated heterocycles. The normalized spacial score (nSPS) is 11.3. The standard InChI is InChI=1S/C37H40F4O4/c38-32-19-13-29(14-20-32)30-15-21-33(22-16-30)42-25-7-1-3-9-27-44-35-11-5-6-12-36(35)45-28-10-4-2-8-26-43-34-23-17-31(18-24-34)37(39,40)41/h5-6,11-24H,1-4,7-10,25-28H2. The maximum absolute atomic E-state index is 13.1. The summed E-state index contributed by atoms with van der Waals surface area (Å²) >= 11 is 0. The van der Waals surface area contributed by atoms with Crippen LogP contribution in [0.25, 0.3) is 11.1 Å². The van der Waals surface area contributed by atoms with Crippen molar-refractivity contribution >= 4 is 0 Å². The molecule has 0 saturated carbocycles. The van der Waals surface area contributed by atoms with E-state index in [0.717, 1.165) is 91.9 Å². The lowest BCUT2D eigenvalue weighted by Gasteiger charge is -2.13. The Morgan fingerprint density at radius 2 is 0.800 bits per heavy atom. The minimum Gasteiger partial charge on any atom is -0.494 e. The van der Waals surface area contributed by atoms with Gasteiger partial charge in [-0.05, 0) is 123 Å². The minimum atomic E-state index is -4.34. The van der Waals surface area contributed by atoms with Crippen molar-refractivity contribution in [1.82, 2.24) is 0 Å². The lowest BCUT2D eigenvalue weighted by molar-refractivity contribution is -0.137. The molecule has 0 bridgehead atoms. The first kappa shape index (κ1) is 33.7. The van der Waals surface area contributed by atoms with E-state index >= 15 is 0 Å². The Labute approximate surface area is 262 Å². The van der Waals surface area contributed by atoms with Crippen LogP contribution >= 0.6 is 0 Å². The van der Waals surface area contributed by atoms with Crippen molar-refractivity contribution in [1.29, 1.82) is 0 Å². The van der Waals surface area contributed by atoms with Crippen LogP contribution in [0.4, 0.5) is 17.6 Å². The molecule has 4 rings (SSSR count). The van der Waals surface area contributed by atoms with Crippen LogP contribution < -0.4 is 18.9 Å². The van der Waals surface area contributed by atoms with Crippen molar-refractivity contribution in [2.45, 2.75) is 57.5 Å². The molecule has 0 fully saturated rings. The topological polar surface area (TPSA) is 36.9 Å². The van der Waals surface area contributed by atoms with E-state index < -0.39 is 11.7 Å². The number of halogens is 4. The Hall–Kier alpha value is -4.20. The highest BCUT2D eigenvalue weighted by molar-refractivity contribution is 5.64. The van der Waals surface area contributed by atoms with Gasteiger partial charge in [0.15, 0.2) is 11.5 Å². The van der Waals surface area contributed by atoms with Gasteiger partial charge in [-0.15, -0.1) is 0 Å². The molecule has 0 aliphatic carbocycles. The van der Waals surface area contributed by atoms with E-state index in [-0.39, 0.29) is 5.82 Å². The molecule has 8 heteroatoms. The summed E-state index contributed by atoms with van der Waals surface area (Å²) in [4.78, 5) is 0. The lowest BCUT2D eigenvalue weighted by Crippen LogP contribution is -2.05. The van der Waals surface area contributed by atoms with Crippen LogP contribution in [0, 0.1) is 5.82 Å². The van der Waals surface area contributed by atoms with Gasteiger partial charge in [0.05, 0.1) is 32.0 Å². The zero-order chi connectivity index (χ0) is 31.7. The average Bonchev–Trinajstić information content (AvgIpc) is 3.04. The summed E-state index contributed by atoms with van der Waals surface area (Å²) in [5.41, 5.74) is 1.32. The van der Waals surface area contributed by atoms with Gasteiger partial charge in [0.1, 0.15) is 17.3 Å². The molecule has 4 nitrogen and oxygen atoms in total. The third-order valence-electron chi connectivity index (χ3n) is 7.19. The molecular weight excluding hydrogens is 584 g/mol. The highest BCUT2D eigenvalue weighted by Crippen LogP contribution is 2.30. The van der Waals surface area contributed by atoms with Gasteiger partial charge in [0.2, 0.25) is 0 Å². The molecule has 0 unspecified atom stereocenters. The second-order valence-electron chi connectivity index (χ2n) is 10.7. The summed E-state index contributed by atoms with van der Waals surface area (Å²) in [6.45, 7) is 2.31. The molecule has 45 heavy (non-hydrogen) atoms. The number of alkyl halides is 3. The van der Waals surface area contributed by atoms with Crippen molar-refractivity contribution in [2.75, 3.05) is 26.4 Å². The number of benzene rings is 4. The first-order valence-corrected chi connectivity index (χ1v) is 15.5. The van der Waals surface area contributed by atoms with Crippen molar-refractivity contribution < 1.29 is 36.5 Å². The van der Waals surface area contributed by atoms with Crippen molar-refractivity contribution in [3.63, 3.8) is 0 Å². The lowest BCUT2D eigenvalue weighted by atomic mass is 10.1. The van der Waals surface area contributed by atoms with E-state index in [0.29, 0.717) is 32.2 Å². The van der Waals surface area contributed by atoms with Crippen molar-refractivity contribution in [3.05, 3.63) is 108 Å². The van der Waals surface area contributed by atoms with E-state index in [4.69, 9.17) is 18.9 Å². The van der Waals surface area contributed by atoms with Gasteiger partial charge >= 0.3 is 6.18 Å². The van der Waals surface area contributed by atoms with Crippen LogP contribution in [0.15, 0.2) is 97.1 Å². The van der Waals surface area contributed by atoms with Gasteiger partial charge in [0, 0.05) is 0 Å². The zero-order valence-corrected chi connectivity index (χ0v) is 25.4. The van der Waals surface area contributed by atoms with Crippen molar-refractivity contribution in [3.8, 4) is 34.1 Å². The second-order valence-corrected chi connectivity index (χ2v) is 10.7. The van der Waals surface area contributed by atoms with E-state index in [2.05, 4.69) is 0 Å². The molecule has 4 aromatic rings. The molecule has 0 amide bonds. The smallest absolute Gasteiger partial charge is 0.416 e. The number of hydrogen-bond donors (Lipinski definition) is 0. The molecule has 0 aliphatic rings. The van der Waals surface area contributed by atoms with E-state index in [1.54, 1.807) is 12.1 Å². The van der Waals surface area contributed by atoms with Gasteiger partial charge in [-0.2, -0.15) is 13.2 Å². The number of rotatable bonds is 19. The Morgan fingerprint density at radius 1 is 0.422 bits per heavy atom. The molecule has 0 aromatic heterocycles. The monoisotopic (exact) mass is 624 g/mol. The van der Waals surface area contributed by atoms with Crippen LogP contribution in [-0.4, -0.2) is 26.4 Å². The molecule has 0 aliphatic heterocycles. The SMILES string of the molecule is Fc1ccc(-c2ccc(OCCCCCCOc3ccccc3OCCCCCCOc3ccc(C(F)(F)F)cc3)cc2)cc1. The fraction of sp³-hybridized carbons (Fsp3) is 0.351. The number of unbranched alkanes of at least 4 members (excludes halogenated alkanes) is 6. The summed E-state index contributed by atoms with van der Waals surface area (Å²) in [7, 11) is 0. The van der Waals surface area contributed by atoms with Crippen molar-refractivity contribution in [2.24, 2.45) is 0 Å². The fourth-order valence-corrected chi connectivity index (χ4v) is 4.67. The van der Waals surface area contributed by atoms with E-state index in [1.165, 1.54) is 24.3 Å². The average molecular weight is 625 g/mol. The number of ether oxygens (including phenoxy) is 4. The Kier molecular flexibility index (Phi) is 13.4. The molecule has 0 N–H and O–H groups in total. The molecule has 0 heterocycles. The molecule has 0 spiro atoms. The summed E-state index contributed by atoms with van der Waals surface area (Å²) < 4.78 is 74.4. The highest BCUT2D eigenvalue weighted by atomic mass is 19.4. The zero-order valence-electron chi connectivity index (χ0n) is 25.4. The number of para-hydroxylation sites is 2. The quantitative estimate of drug-likeness (QED) is 0.0768. The van der Waals surface area contributed by atoms with Gasteiger partial charge in [0.25, 0.3) is 0 Å². The van der Waals surface area contributed by atoms with Crippen LogP contribution in [0.2, 0.25) is 0 Å². The molecule has 4 aromatic carbocycles. The Morgan fingerprint density at radius 3 is 1.22 bits per heavy atom. The summed E-state index contributed by atoms with van der Waals surface area (Å²) in [5.74, 6) is 2.51. The predicted octanol–water partition coefficient (Wildman–Crippen LogP) is 10.5. The van der Waals surface area contributed by atoms with E-state index in [9.17, 15) is 17.6 Å². The van der Waals surface area contributed by atoms with Gasteiger partial charge in [-0.25, -0.2) is 4.39 Å². The molecular formula is C37H40F4O4. The Bertz CT molecular complexity index is 1390. The summed E-state index contributed by atoms with van der Waals surface area (Å²) in [6, 6.07) is 26.8. The highest BCUT2D eigenvalue weighted by Gasteiger charge is 2.30. The molecule has 0 radical (unpaired) electrons. The first-order valence-electron chi connectivity index (χ1n) is 15.5. The van der Waals surface area contributed by atoms with E-state index in [1.807, 2.05) is 48.5 Å². The van der Waals surface area contributed by atoms with Gasteiger partial charge in [-0.1, -0.05) is 36.4 Å². The molecule has 0 atom stereocenters. The maximum Gasteiger partial charge on any atom is 0.416 e.